The van der Waals surface area contributed by atoms with E-state index < -0.39 is 12.1 Å². The summed E-state index contributed by atoms with van der Waals surface area (Å²) in [6.07, 6.45) is 5.55. The summed E-state index contributed by atoms with van der Waals surface area (Å²) >= 11 is 0. The van der Waals surface area contributed by atoms with Gasteiger partial charge in [-0.1, -0.05) is 25.0 Å². The van der Waals surface area contributed by atoms with Gasteiger partial charge in [0.1, 0.15) is 17.8 Å². The minimum absolute atomic E-state index is 0.0655. The maximum atomic E-state index is 13.1. The fourth-order valence-corrected chi connectivity index (χ4v) is 4.24. The van der Waals surface area contributed by atoms with Crippen LogP contribution < -0.4 is 16.0 Å². The van der Waals surface area contributed by atoms with Gasteiger partial charge in [0.2, 0.25) is 17.7 Å². The molecule has 8 nitrogen and oxygen atoms in total. The number of amides is 3. The van der Waals surface area contributed by atoms with Crippen LogP contribution in [0.2, 0.25) is 0 Å². The summed E-state index contributed by atoms with van der Waals surface area (Å²) in [6, 6.07) is 4.99. The minimum atomic E-state index is -0.738. The Balaban J connectivity index is 1.76. The highest BCUT2D eigenvalue weighted by Crippen LogP contribution is 2.19. The number of phenols is 1. The molecule has 0 aromatic heterocycles. The van der Waals surface area contributed by atoms with Crippen molar-refractivity contribution in [2.45, 2.75) is 70.0 Å². The molecule has 8 heteroatoms. The summed E-state index contributed by atoms with van der Waals surface area (Å²) in [4.78, 5) is 40.5. The molecule has 1 aromatic carbocycles. The SMILES string of the molecule is C[C@H]1NCCCCCCNC(=O)[C@H](Cc2ccc(O)cc2)NC(=O)[C@@H]2CCCN2C1=O. The smallest absolute Gasteiger partial charge is 0.243 e. The predicted octanol–water partition coefficient (Wildman–Crippen LogP) is 1.08. The van der Waals surface area contributed by atoms with Crippen molar-refractivity contribution in [3.63, 3.8) is 0 Å². The molecule has 2 aliphatic heterocycles. The Hall–Kier alpha value is -2.61. The van der Waals surface area contributed by atoms with Crippen molar-refractivity contribution in [1.82, 2.24) is 20.9 Å². The van der Waals surface area contributed by atoms with E-state index in [0.717, 1.165) is 44.2 Å². The zero-order chi connectivity index (χ0) is 22.2. The van der Waals surface area contributed by atoms with Gasteiger partial charge in [-0.25, -0.2) is 0 Å². The van der Waals surface area contributed by atoms with Gasteiger partial charge in [-0.15, -0.1) is 0 Å². The van der Waals surface area contributed by atoms with E-state index in [1.54, 1.807) is 29.2 Å². The van der Waals surface area contributed by atoms with Crippen LogP contribution in [0.15, 0.2) is 24.3 Å². The summed E-state index contributed by atoms with van der Waals surface area (Å²) in [5.41, 5.74) is 0.838. The zero-order valence-electron chi connectivity index (χ0n) is 18.2. The Morgan fingerprint density at radius 2 is 1.68 bits per heavy atom. The molecular weight excluding hydrogens is 396 g/mol. The number of hydrogen-bond donors (Lipinski definition) is 4. The Labute approximate surface area is 183 Å². The maximum absolute atomic E-state index is 13.1. The monoisotopic (exact) mass is 430 g/mol. The standard InChI is InChI=1S/C23H34N4O4/c1-16-23(31)27-14-6-7-20(27)22(30)26-19(15-17-8-10-18(28)11-9-17)21(29)25-13-5-3-2-4-12-24-16/h8-11,16,19-20,24,28H,2-7,12-15H2,1H3,(H,25,29)(H,26,30)/t16-,19+,20+/m1/s1. The van der Waals surface area contributed by atoms with Gasteiger partial charge in [-0.3, -0.25) is 14.4 Å². The van der Waals surface area contributed by atoms with E-state index in [-0.39, 0.29) is 29.5 Å². The van der Waals surface area contributed by atoms with Gasteiger partial charge in [0.25, 0.3) is 0 Å². The molecule has 0 saturated carbocycles. The molecule has 2 fully saturated rings. The van der Waals surface area contributed by atoms with Crippen molar-refractivity contribution in [3.8, 4) is 5.75 Å². The fourth-order valence-electron chi connectivity index (χ4n) is 4.24. The normalized spacial score (nSPS) is 26.8. The van der Waals surface area contributed by atoms with Crippen molar-refractivity contribution in [2.75, 3.05) is 19.6 Å². The molecule has 1 aromatic rings. The van der Waals surface area contributed by atoms with Crippen LogP contribution in [0.25, 0.3) is 0 Å². The van der Waals surface area contributed by atoms with Crippen LogP contribution in [0.3, 0.4) is 0 Å². The molecule has 31 heavy (non-hydrogen) atoms. The topological polar surface area (TPSA) is 111 Å². The molecule has 3 amide bonds. The summed E-state index contributed by atoms with van der Waals surface area (Å²) < 4.78 is 0. The largest absolute Gasteiger partial charge is 0.508 e. The first-order valence-electron chi connectivity index (χ1n) is 11.4. The lowest BCUT2D eigenvalue weighted by Gasteiger charge is -2.29. The lowest BCUT2D eigenvalue weighted by atomic mass is 10.0. The number of phenolic OH excluding ortho intramolecular Hbond substituents is 1. The molecule has 4 N–H and O–H groups in total. The summed E-state index contributed by atoms with van der Waals surface area (Å²) in [5.74, 6) is -0.425. The summed E-state index contributed by atoms with van der Waals surface area (Å²) in [7, 11) is 0. The van der Waals surface area contributed by atoms with Crippen LogP contribution in [0, 0.1) is 0 Å². The van der Waals surface area contributed by atoms with E-state index in [1.807, 2.05) is 6.92 Å². The highest BCUT2D eigenvalue weighted by molar-refractivity contribution is 5.93. The van der Waals surface area contributed by atoms with Crippen LogP contribution in [-0.4, -0.2) is 65.5 Å². The van der Waals surface area contributed by atoms with Crippen LogP contribution >= 0.6 is 0 Å². The lowest BCUT2D eigenvalue weighted by Crippen LogP contribution is -2.56. The van der Waals surface area contributed by atoms with E-state index in [0.29, 0.717) is 25.9 Å². The second-order valence-electron chi connectivity index (χ2n) is 8.50. The molecule has 170 valence electrons. The predicted molar refractivity (Wildman–Crippen MR) is 117 cm³/mol. The van der Waals surface area contributed by atoms with Crippen molar-refractivity contribution in [1.29, 1.82) is 0 Å². The van der Waals surface area contributed by atoms with Crippen LogP contribution in [0.4, 0.5) is 0 Å². The first kappa shape index (κ1) is 23.1. The summed E-state index contributed by atoms with van der Waals surface area (Å²) in [5, 5.41) is 18.6. The molecule has 0 aliphatic carbocycles. The highest BCUT2D eigenvalue weighted by Gasteiger charge is 2.37. The number of nitrogens with zero attached hydrogens (tertiary/aromatic N) is 1. The zero-order valence-corrected chi connectivity index (χ0v) is 18.2. The van der Waals surface area contributed by atoms with Crippen molar-refractivity contribution >= 4 is 17.7 Å². The van der Waals surface area contributed by atoms with E-state index in [4.69, 9.17) is 0 Å². The molecule has 3 rings (SSSR count). The molecule has 2 heterocycles. The van der Waals surface area contributed by atoms with Crippen molar-refractivity contribution < 1.29 is 19.5 Å². The van der Waals surface area contributed by atoms with Crippen molar-refractivity contribution in [2.24, 2.45) is 0 Å². The van der Waals surface area contributed by atoms with Crippen LogP contribution in [0.5, 0.6) is 5.75 Å². The summed E-state index contributed by atoms with van der Waals surface area (Å²) in [6.45, 7) is 3.73. The number of fused-ring (bicyclic) bond motifs is 1. The average Bonchev–Trinajstić information content (AvgIpc) is 3.25. The van der Waals surface area contributed by atoms with Crippen molar-refractivity contribution in [3.05, 3.63) is 29.8 Å². The number of benzene rings is 1. The minimum Gasteiger partial charge on any atom is -0.508 e. The van der Waals surface area contributed by atoms with E-state index >= 15 is 0 Å². The van der Waals surface area contributed by atoms with E-state index in [9.17, 15) is 19.5 Å². The second kappa shape index (κ2) is 11.1. The third-order valence-corrected chi connectivity index (χ3v) is 6.07. The van der Waals surface area contributed by atoms with Gasteiger partial charge < -0.3 is 26.0 Å². The lowest BCUT2D eigenvalue weighted by molar-refractivity contribution is -0.140. The Bertz CT molecular complexity index is 767. The van der Waals surface area contributed by atoms with Crippen LogP contribution in [-0.2, 0) is 20.8 Å². The third-order valence-electron chi connectivity index (χ3n) is 6.07. The van der Waals surface area contributed by atoms with E-state index in [2.05, 4.69) is 16.0 Å². The third kappa shape index (κ3) is 6.43. The van der Waals surface area contributed by atoms with Gasteiger partial charge in [0.15, 0.2) is 0 Å². The molecule has 3 atom stereocenters. The molecule has 0 spiro atoms. The maximum Gasteiger partial charge on any atom is 0.243 e. The highest BCUT2D eigenvalue weighted by atomic mass is 16.3. The van der Waals surface area contributed by atoms with Gasteiger partial charge in [-0.05, 0) is 56.8 Å². The number of carbonyl (C=O) groups excluding carboxylic acids is 3. The molecular formula is C23H34N4O4. The fraction of sp³-hybridized carbons (Fsp3) is 0.609. The first-order valence-corrected chi connectivity index (χ1v) is 11.4. The molecule has 2 saturated heterocycles. The quantitative estimate of drug-likeness (QED) is 0.561. The number of hydrogen-bond acceptors (Lipinski definition) is 5. The number of rotatable bonds is 2. The van der Waals surface area contributed by atoms with Gasteiger partial charge in [0.05, 0.1) is 6.04 Å². The van der Waals surface area contributed by atoms with Gasteiger partial charge >= 0.3 is 0 Å². The molecule has 0 bridgehead atoms. The Morgan fingerprint density at radius 3 is 2.42 bits per heavy atom. The number of nitrogens with one attached hydrogen (secondary N) is 3. The number of aromatic hydroxyl groups is 1. The van der Waals surface area contributed by atoms with Gasteiger partial charge in [0, 0.05) is 19.5 Å². The van der Waals surface area contributed by atoms with Crippen LogP contribution in [0.1, 0.15) is 51.0 Å². The Morgan fingerprint density at radius 1 is 0.968 bits per heavy atom. The van der Waals surface area contributed by atoms with E-state index in [1.165, 1.54) is 0 Å². The van der Waals surface area contributed by atoms with Gasteiger partial charge in [-0.2, -0.15) is 0 Å². The molecule has 0 radical (unpaired) electrons. The Kier molecular flexibility index (Phi) is 8.28. The number of carbonyl (C=O) groups is 3. The average molecular weight is 431 g/mol. The molecule has 0 unspecified atom stereocenters. The second-order valence-corrected chi connectivity index (χ2v) is 8.50. The molecule has 2 aliphatic rings. The first-order chi connectivity index (χ1) is 15.0.